The fourth-order valence-electron chi connectivity index (χ4n) is 1.59. The largest absolute Gasteiger partial charge is 0.279 e. The first-order chi connectivity index (χ1) is 9.29. The summed E-state index contributed by atoms with van der Waals surface area (Å²) in [4.78, 5) is -0.293. The van der Waals surface area contributed by atoms with Gasteiger partial charge in [-0.15, -0.1) is 0 Å². The van der Waals surface area contributed by atoms with Gasteiger partial charge in [-0.1, -0.05) is 33.6 Å². The lowest BCUT2D eigenvalue weighted by atomic mass is 10.2. The van der Waals surface area contributed by atoms with Crippen molar-refractivity contribution in [2.45, 2.75) is 11.8 Å². The summed E-state index contributed by atoms with van der Waals surface area (Å²) in [5.74, 6) is -0.666. The Morgan fingerprint density at radius 1 is 1.20 bits per heavy atom. The van der Waals surface area contributed by atoms with Crippen LogP contribution in [0, 0.1) is 12.7 Å². The van der Waals surface area contributed by atoms with Gasteiger partial charge in [-0.2, -0.15) is 0 Å². The van der Waals surface area contributed by atoms with Gasteiger partial charge in [0.1, 0.15) is 10.7 Å². The Morgan fingerprint density at radius 3 is 2.60 bits per heavy atom. The summed E-state index contributed by atoms with van der Waals surface area (Å²) in [7, 11) is -3.95. The quantitative estimate of drug-likeness (QED) is 0.863. The lowest BCUT2D eigenvalue weighted by molar-refractivity contribution is 0.595. The zero-order valence-corrected chi connectivity index (χ0v) is 13.5. The van der Waals surface area contributed by atoms with Crippen LogP contribution < -0.4 is 4.72 Å². The Labute approximate surface area is 130 Å². The average Bonchev–Trinajstić information content (AvgIpc) is 2.36. The molecule has 0 atom stereocenters. The van der Waals surface area contributed by atoms with E-state index in [1.54, 1.807) is 25.1 Å². The SMILES string of the molecule is Cc1ccc(Br)cc1NS(=O)(=O)c1cc(F)ccc1Cl. The van der Waals surface area contributed by atoms with Crippen molar-refractivity contribution in [3.63, 3.8) is 0 Å². The van der Waals surface area contributed by atoms with Crippen molar-refractivity contribution in [2.75, 3.05) is 4.72 Å². The molecule has 2 aromatic carbocycles. The maximum Gasteiger partial charge on any atom is 0.263 e. The number of sulfonamides is 1. The molecule has 0 aliphatic rings. The van der Waals surface area contributed by atoms with E-state index in [0.717, 1.165) is 22.2 Å². The molecular formula is C13H10BrClFNO2S. The lowest BCUT2D eigenvalue weighted by Crippen LogP contribution is -2.14. The second-order valence-electron chi connectivity index (χ2n) is 4.14. The van der Waals surface area contributed by atoms with E-state index in [9.17, 15) is 12.8 Å². The minimum Gasteiger partial charge on any atom is -0.279 e. The van der Waals surface area contributed by atoms with Crippen molar-refractivity contribution in [1.82, 2.24) is 0 Å². The van der Waals surface area contributed by atoms with Crippen molar-refractivity contribution in [3.8, 4) is 0 Å². The molecule has 0 radical (unpaired) electrons. The molecule has 2 rings (SSSR count). The Balaban J connectivity index is 2.46. The maximum absolute atomic E-state index is 13.2. The second-order valence-corrected chi connectivity index (χ2v) is 7.11. The van der Waals surface area contributed by atoms with Crippen molar-refractivity contribution in [1.29, 1.82) is 0 Å². The van der Waals surface area contributed by atoms with Gasteiger partial charge >= 0.3 is 0 Å². The first kappa shape index (κ1) is 15.3. The Hall–Kier alpha value is -1.11. The molecule has 0 spiro atoms. The van der Waals surface area contributed by atoms with Crippen LogP contribution in [0.2, 0.25) is 5.02 Å². The van der Waals surface area contributed by atoms with Crippen molar-refractivity contribution in [2.24, 2.45) is 0 Å². The summed E-state index contributed by atoms with van der Waals surface area (Å²) in [6.07, 6.45) is 0. The molecule has 7 heteroatoms. The predicted octanol–water partition coefficient (Wildman–Crippen LogP) is 4.35. The molecule has 0 unspecified atom stereocenters. The summed E-state index contributed by atoms with van der Waals surface area (Å²) >= 11 is 9.09. The van der Waals surface area contributed by atoms with Crippen LogP contribution in [-0.2, 0) is 10.0 Å². The highest BCUT2D eigenvalue weighted by Gasteiger charge is 2.19. The molecule has 3 nitrogen and oxygen atoms in total. The van der Waals surface area contributed by atoms with Crippen LogP contribution in [0.15, 0.2) is 45.8 Å². The number of hydrogen-bond donors (Lipinski definition) is 1. The minimum absolute atomic E-state index is 0.0356. The Kier molecular flexibility index (Phi) is 4.36. The van der Waals surface area contributed by atoms with Crippen LogP contribution in [0.1, 0.15) is 5.56 Å². The van der Waals surface area contributed by atoms with Crippen molar-refractivity contribution in [3.05, 3.63) is 57.3 Å². The highest BCUT2D eigenvalue weighted by atomic mass is 79.9. The summed E-state index contributed by atoms with van der Waals surface area (Å²) in [5, 5.41) is -0.0356. The zero-order chi connectivity index (χ0) is 14.9. The first-order valence-electron chi connectivity index (χ1n) is 5.53. The normalized spacial score (nSPS) is 11.4. The molecule has 20 heavy (non-hydrogen) atoms. The van der Waals surface area contributed by atoms with Gasteiger partial charge in [0.2, 0.25) is 0 Å². The topological polar surface area (TPSA) is 46.2 Å². The van der Waals surface area contributed by atoms with E-state index in [1.165, 1.54) is 6.07 Å². The molecule has 0 heterocycles. The van der Waals surface area contributed by atoms with Crippen LogP contribution in [0.25, 0.3) is 0 Å². The van der Waals surface area contributed by atoms with Crippen molar-refractivity contribution < 1.29 is 12.8 Å². The number of anilines is 1. The van der Waals surface area contributed by atoms with E-state index in [4.69, 9.17) is 11.6 Å². The van der Waals surface area contributed by atoms with Gasteiger partial charge in [-0.05, 0) is 42.8 Å². The summed E-state index contributed by atoms with van der Waals surface area (Å²) < 4.78 is 40.9. The molecule has 1 N–H and O–H groups in total. The summed E-state index contributed by atoms with van der Waals surface area (Å²) in [6.45, 7) is 1.76. The number of benzene rings is 2. The monoisotopic (exact) mass is 377 g/mol. The summed E-state index contributed by atoms with van der Waals surface area (Å²) in [6, 6.07) is 8.38. The number of nitrogens with one attached hydrogen (secondary N) is 1. The van der Waals surface area contributed by atoms with E-state index >= 15 is 0 Å². The molecule has 0 aliphatic carbocycles. The molecule has 0 bridgehead atoms. The van der Waals surface area contributed by atoms with E-state index < -0.39 is 15.8 Å². The molecule has 0 aromatic heterocycles. The third-order valence-electron chi connectivity index (χ3n) is 2.63. The number of hydrogen-bond acceptors (Lipinski definition) is 2. The van der Waals surface area contributed by atoms with E-state index in [1.807, 2.05) is 0 Å². The first-order valence-corrected chi connectivity index (χ1v) is 8.19. The predicted molar refractivity (Wildman–Crippen MR) is 81.1 cm³/mol. The van der Waals surface area contributed by atoms with Gasteiger partial charge in [0.05, 0.1) is 10.7 Å². The molecule has 0 fully saturated rings. The van der Waals surface area contributed by atoms with E-state index in [0.29, 0.717) is 5.69 Å². The smallest absolute Gasteiger partial charge is 0.263 e. The number of halogens is 3. The fourth-order valence-corrected chi connectivity index (χ4v) is 3.58. The fraction of sp³-hybridized carbons (Fsp3) is 0.0769. The van der Waals surface area contributed by atoms with Crippen molar-refractivity contribution >= 4 is 43.2 Å². The molecule has 106 valence electrons. The van der Waals surface area contributed by atoms with E-state index in [-0.39, 0.29) is 9.92 Å². The van der Waals surface area contributed by atoms with Crippen LogP contribution in [-0.4, -0.2) is 8.42 Å². The highest BCUT2D eigenvalue weighted by molar-refractivity contribution is 9.10. The third kappa shape index (κ3) is 3.31. The molecule has 0 saturated heterocycles. The molecule has 0 saturated carbocycles. The van der Waals surface area contributed by atoms with Gasteiger partial charge in [-0.3, -0.25) is 4.72 Å². The van der Waals surface area contributed by atoms with Crippen LogP contribution in [0.5, 0.6) is 0 Å². The molecule has 0 amide bonds. The summed E-state index contributed by atoms with van der Waals surface area (Å²) in [5.41, 5.74) is 1.14. The van der Waals surface area contributed by atoms with Gasteiger partial charge in [0.15, 0.2) is 0 Å². The zero-order valence-electron chi connectivity index (χ0n) is 10.3. The Morgan fingerprint density at radius 2 is 1.90 bits per heavy atom. The molecule has 0 aliphatic heterocycles. The van der Waals surface area contributed by atoms with Gasteiger partial charge in [0.25, 0.3) is 10.0 Å². The van der Waals surface area contributed by atoms with E-state index in [2.05, 4.69) is 20.7 Å². The maximum atomic E-state index is 13.2. The Bertz CT molecular complexity index is 765. The highest BCUT2D eigenvalue weighted by Crippen LogP contribution is 2.27. The average molecular weight is 379 g/mol. The lowest BCUT2D eigenvalue weighted by Gasteiger charge is -2.12. The standard InChI is InChI=1S/C13H10BrClFNO2S/c1-8-2-3-9(14)6-12(8)17-20(18,19)13-7-10(16)4-5-11(13)15/h2-7,17H,1H3. The number of rotatable bonds is 3. The van der Waals surface area contributed by atoms with Gasteiger partial charge < -0.3 is 0 Å². The van der Waals surface area contributed by atoms with Crippen LogP contribution >= 0.6 is 27.5 Å². The van der Waals surface area contributed by atoms with Crippen LogP contribution in [0.3, 0.4) is 0 Å². The minimum atomic E-state index is -3.95. The number of aryl methyl sites for hydroxylation is 1. The third-order valence-corrected chi connectivity index (χ3v) is 4.97. The van der Waals surface area contributed by atoms with Gasteiger partial charge in [-0.25, -0.2) is 12.8 Å². The second kappa shape index (κ2) is 5.71. The van der Waals surface area contributed by atoms with Gasteiger partial charge in [0, 0.05) is 4.47 Å². The molecule has 2 aromatic rings. The molecular weight excluding hydrogens is 369 g/mol. The van der Waals surface area contributed by atoms with Crippen LogP contribution in [0.4, 0.5) is 10.1 Å².